The second-order valence-corrected chi connectivity index (χ2v) is 10.2. The SMILES string of the molecule is COc1ccc(S(=O)(=O)C2=CN=C(C(=O)NO)N(S(=O)(=O)c3ccc(OC)cc3)C=C2)cc1. The van der Waals surface area contributed by atoms with Gasteiger partial charge in [0, 0.05) is 12.4 Å². The van der Waals surface area contributed by atoms with Gasteiger partial charge in [-0.1, -0.05) is 0 Å². The first-order valence-electron chi connectivity index (χ1n) is 9.13. The summed E-state index contributed by atoms with van der Waals surface area (Å²) in [6.07, 6.45) is 2.68. The average molecular weight is 494 g/mol. The second-order valence-electron chi connectivity index (χ2n) is 6.40. The van der Waals surface area contributed by atoms with Crippen molar-refractivity contribution >= 4 is 31.6 Å². The standard InChI is InChI=1S/C20H19N3O8S2/c1-30-14-3-7-16(8-4-14)32(26,27)18-11-12-23(19(21-13-18)20(24)22-25)33(28,29)17-9-5-15(31-2)6-10-17/h3-13,25H,1-2H3,(H,22,24). The fourth-order valence-electron chi connectivity index (χ4n) is 2.75. The monoisotopic (exact) mass is 493 g/mol. The van der Waals surface area contributed by atoms with Crippen LogP contribution in [0.5, 0.6) is 11.5 Å². The minimum Gasteiger partial charge on any atom is -0.497 e. The summed E-state index contributed by atoms with van der Waals surface area (Å²) in [5, 5.41) is 9.06. The van der Waals surface area contributed by atoms with Crippen molar-refractivity contribution in [3.63, 3.8) is 0 Å². The molecule has 2 aromatic carbocycles. The van der Waals surface area contributed by atoms with Gasteiger partial charge in [-0.2, -0.15) is 0 Å². The molecule has 0 aliphatic carbocycles. The molecule has 0 bridgehead atoms. The number of carbonyl (C=O) groups excluding carboxylic acids is 1. The van der Waals surface area contributed by atoms with E-state index < -0.39 is 31.6 Å². The summed E-state index contributed by atoms with van der Waals surface area (Å²) < 4.78 is 62.9. The Morgan fingerprint density at radius 2 is 1.42 bits per heavy atom. The number of hydroxylamine groups is 1. The molecule has 0 atom stereocenters. The Labute approximate surface area is 190 Å². The number of hydrogen-bond donors (Lipinski definition) is 2. The van der Waals surface area contributed by atoms with Gasteiger partial charge in [0.05, 0.1) is 28.9 Å². The van der Waals surface area contributed by atoms with Gasteiger partial charge in [-0.15, -0.1) is 0 Å². The summed E-state index contributed by atoms with van der Waals surface area (Å²) in [7, 11) is -5.70. The van der Waals surface area contributed by atoms with Crippen LogP contribution in [0.4, 0.5) is 0 Å². The van der Waals surface area contributed by atoms with Crippen molar-refractivity contribution in [2.45, 2.75) is 9.79 Å². The van der Waals surface area contributed by atoms with E-state index in [4.69, 9.17) is 14.7 Å². The van der Waals surface area contributed by atoms with Crippen molar-refractivity contribution in [1.29, 1.82) is 0 Å². The Morgan fingerprint density at radius 3 is 1.91 bits per heavy atom. The molecular formula is C20H19N3O8S2. The van der Waals surface area contributed by atoms with Crippen LogP contribution in [0, 0.1) is 0 Å². The molecule has 33 heavy (non-hydrogen) atoms. The maximum absolute atomic E-state index is 13.2. The van der Waals surface area contributed by atoms with Crippen LogP contribution in [-0.2, 0) is 24.7 Å². The fraction of sp³-hybridized carbons (Fsp3) is 0.100. The summed E-state index contributed by atoms with van der Waals surface area (Å²) in [6, 6.07) is 10.8. The van der Waals surface area contributed by atoms with Gasteiger partial charge in [-0.3, -0.25) is 10.0 Å². The minimum atomic E-state index is -4.41. The lowest BCUT2D eigenvalue weighted by Crippen LogP contribution is -2.42. The van der Waals surface area contributed by atoms with Crippen molar-refractivity contribution in [2.24, 2.45) is 4.99 Å². The highest BCUT2D eigenvalue weighted by molar-refractivity contribution is 7.95. The van der Waals surface area contributed by atoms with Crippen molar-refractivity contribution in [3.8, 4) is 11.5 Å². The number of sulfonamides is 1. The maximum Gasteiger partial charge on any atom is 0.311 e. The molecule has 0 radical (unpaired) electrons. The van der Waals surface area contributed by atoms with Crippen LogP contribution in [0.2, 0.25) is 0 Å². The van der Waals surface area contributed by atoms with Crippen LogP contribution in [0.15, 0.2) is 86.7 Å². The van der Waals surface area contributed by atoms with E-state index in [9.17, 15) is 21.6 Å². The summed E-state index contributed by atoms with van der Waals surface area (Å²) in [5.74, 6) is -1.20. The highest BCUT2D eigenvalue weighted by Gasteiger charge is 2.32. The van der Waals surface area contributed by atoms with Crippen molar-refractivity contribution in [2.75, 3.05) is 14.2 Å². The third kappa shape index (κ3) is 4.74. The topological polar surface area (TPSA) is 152 Å². The molecule has 13 heteroatoms. The number of amidine groups is 1. The lowest BCUT2D eigenvalue weighted by Gasteiger charge is -2.20. The van der Waals surface area contributed by atoms with Gasteiger partial charge in [0.15, 0.2) is 0 Å². The van der Waals surface area contributed by atoms with Gasteiger partial charge in [0.1, 0.15) is 11.5 Å². The molecule has 0 fully saturated rings. The van der Waals surface area contributed by atoms with Gasteiger partial charge in [-0.05, 0) is 54.6 Å². The summed E-state index contributed by atoms with van der Waals surface area (Å²) in [6.45, 7) is 0. The van der Waals surface area contributed by atoms with Crippen LogP contribution < -0.4 is 15.0 Å². The normalized spacial score (nSPS) is 14.1. The van der Waals surface area contributed by atoms with E-state index in [1.54, 1.807) is 0 Å². The third-order valence-electron chi connectivity index (χ3n) is 4.50. The van der Waals surface area contributed by atoms with E-state index in [0.29, 0.717) is 15.8 Å². The Bertz CT molecular complexity index is 1350. The lowest BCUT2D eigenvalue weighted by atomic mass is 10.3. The largest absolute Gasteiger partial charge is 0.497 e. The molecule has 2 N–H and O–H groups in total. The molecule has 1 aliphatic rings. The summed E-state index contributed by atoms with van der Waals surface area (Å²) in [5.41, 5.74) is 1.31. The molecule has 0 unspecified atom stereocenters. The molecule has 174 valence electrons. The minimum absolute atomic E-state index is 0.103. The Kier molecular flexibility index (Phi) is 6.86. The first-order chi connectivity index (χ1) is 15.6. The number of nitrogens with zero attached hydrogens (tertiary/aromatic N) is 2. The number of aliphatic imine (C=N–C) groups is 1. The molecule has 1 amide bonds. The number of sulfone groups is 1. The predicted octanol–water partition coefficient (Wildman–Crippen LogP) is 1.44. The molecule has 0 saturated carbocycles. The molecule has 0 saturated heterocycles. The second kappa shape index (κ2) is 9.44. The Hall–Kier alpha value is -3.68. The smallest absolute Gasteiger partial charge is 0.311 e. The van der Waals surface area contributed by atoms with Crippen molar-refractivity contribution in [3.05, 3.63) is 71.9 Å². The van der Waals surface area contributed by atoms with E-state index in [-0.39, 0.29) is 14.7 Å². The van der Waals surface area contributed by atoms with Gasteiger partial charge >= 0.3 is 5.91 Å². The quantitative estimate of drug-likeness (QED) is 0.434. The van der Waals surface area contributed by atoms with Gasteiger partial charge in [0.2, 0.25) is 15.7 Å². The van der Waals surface area contributed by atoms with Gasteiger partial charge in [0.25, 0.3) is 10.0 Å². The fourth-order valence-corrected chi connectivity index (χ4v) is 5.23. The first kappa shape index (κ1) is 24.0. The maximum atomic E-state index is 13.2. The highest BCUT2D eigenvalue weighted by atomic mass is 32.2. The van der Waals surface area contributed by atoms with Crippen LogP contribution in [0.25, 0.3) is 0 Å². The number of benzene rings is 2. The number of nitrogens with one attached hydrogen (secondary N) is 1. The number of ether oxygens (including phenoxy) is 2. The summed E-state index contributed by atoms with van der Waals surface area (Å²) >= 11 is 0. The summed E-state index contributed by atoms with van der Waals surface area (Å²) in [4.78, 5) is 15.2. The Balaban J connectivity index is 2.07. The molecule has 1 heterocycles. The van der Waals surface area contributed by atoms with Crippen molar-refractivity contribution in [1.82, 2.24) is 9.79 Å². The van der Waals surface area contributed by atoms with E-state index >= 15 is 0 Å². The molecular weight excluding hydrogens is 474 g/mol. The number of rotatable bonds is 7. The zero-order chi connectivity index (χ0) is 24.2. The molecule has 0 aromatic heterocycles. The number of allylic oxidation sites excluding steroid dienone is 1. The number of hydrogen-bond acceptors (Lipinski definition) is 9. The number of carbonyl (C=O) groups is 1. The molecule has 3 rings (SSSR count). The van der Waals surface area contributed by atoms with E-state index in [2.05, 4.69) is 4.99 Å². The average Bonchev–Trinajstić information content (AvgIpc) is 3.08. The Morgan fingerprint density at radius 1 is 0.909 bits per heavy atom. The van der Waals surface area contributed by atoms with Gasteiger partial charge < -0.3 is 9.47 Å². The first-order valence-corrected chi connectivity index (χ1v) is 12.1. The molecule has 2 aromatic rings. The zero-order valence-corrected chi connectivity index (χ0v) is 19.0. The highest BCUT2D eigenvalue weighted by Crippen LogP contribution is 2.26. The third-order valence-corrected chi connectivity index (χ3v) is 7.93. The lowest BCUT2D eigenvalue weighted by molar-refractivity contribution is -0.122. The molecule has 0 spiro atoms. The van der Waals surface area contributed by atoms with E-state index in [0.717, 1.165) is 18.5 Å². The van der Waals surface area contributed by atoms with E-state index in [1.165, 1.54) is 68.2 Å². The number of methoxy groups -OCH3 is 2. The predicted molar refractivity (Wildman–Crippen MR) is 117 cm³/mol. The van der Waals surface area contributed by atoms with Crippen LogP contribution >= 0.6 is 0 Å². The molecule has 1 aliphatic heterocycles. The van der Waals surface area contributed by atoms with Gasteiger partial charge in [-0.25, -0.2) is 31.6 Å². The molecule has 11 nitrogen and oxygen atoms in total. The zero-order valence-electron chi connectivity index (χ0n) is 17.4. The van der Waals surface area contributed by atoms with Crippen LogP contribution in [-0.4, -0.2) is 52.3 Å². The van der Waals surface area contributed by atoms with Crippen LogP contribution in [0.3, 0.4) is 0 Å². The van der Waals surface area contributed by atoms with E-state index in [1.807, 2.05) is 0 Å². The van der Waals surface area contributed by atoms with Crippen LogP contribution in [0.1, 0.15) is 0 Å². The number of amides is 1. The van der Waals surface area contributed by atoms with Crippen molar-refractivity contribution < 1.29 is 36.3 Å².